The maximum atomic E-state index is 11.9. The largest absolute Gasteiger partial charge is 0.330 e. The topological polar surface area (TPSA) is 63.4 Å². The van der Waals surface area contributed by atoms with Gasteiger partial charge in [0.25, 0.3) is 0 Å². The summed E-state index contributed by atoms with van der Waals surface area (Å²) in [6.07, 6.45) is 4.16. The fourth-order valence-corrected chi connectivity index (χ4v) is 4.81. The van der Waals surface area contributed by atoms with Crippen LogP contribution in [0.15, 0.2) is 28.0 Å². The molecule has 0 radical (unpaired) electrons. The maximum Gasteiger partial charge on any atom is 0.176 e. The van der Waals surface area contributed by atoms with Gasteiger partial charge in [-0.1, -0.05) is 6.07 Å². The van der Waals surface area contributed by atoms with Gasteiger partial charge < -0.3 is 5.73 Å². The van der Waals surface area contributed by atoms with Crippen LogP contribution in [-0.2, 0) is 9.84 Å². The highest BCUT2D eigenvalue weighted by Crippen LogP contribution is 2.36. The molecule has 6 heteroatoms. The fraction of sp³-hybridized carbons (Fsp3) is 0.571. The molecule has 1 aromatic carbocycles. The van der Waals surface area contributed by atoms with Crippen LogP contribution in [0.5, 0.6) is 0 Å². The summed E-state index contributed by atoms with van der Waals surface area (Å²) in [4.78, 5) is 3.51. The summed E-state index contributed by atoms with van der Waals surface area (Å²) in [7, 11) is -1.13. The molecule has 0 aromatic heterocycles. The van der Waals surface area contributed by atoms with E-state index in [4.69, 9.17) is 5.73 Å². The fourth-order valence-electron chi connectivity index (χ4n) is 2.86. The average molecular weight is 314 g/mol. The molecule has 0 amide bonds. The normalized spacial score (nSPS) is 24.2. The van der Waals surface area contributed by atoms with Crippen molar-refractivity contribution in [3.8, 4) is 0 Å². The van der Waals surface area contributed by atoms with E-state index in [1.165, 1.54) is 18.0 Å². The Bertz CT molecular complexity index is 587. The second-order valence-electron chi connectivity index (χ2n) is 5.48. The molecule has 0 spiro atoms. The Labute approximate surface area is 125 Å². The van der Waals surface area contributed by atoms with Gasteiger partial charge >= 0.3 is 0 Å². The van der Waals surface area contributed by atoms with Gasteiger partial charge in [-0.2, -0.15) is 0 Å². The number of rotatable bonds is 4. The third-order valence-corrected chi connectivity index (χ3v) is 6.00. The number of nitrogens with two attached hydrogens (primary N) is 1. The molecule has 1 aliphatic heterocycles. The van der Waals surface area contributed by atoms with E-state index in [9.17, 15) is 8.42 Å². The predicted molar refractivity (Wildman–Crippen MR) is 83.9 cm³/mol. The van der Waals surface area contributed by atoms with Crippen LogP contribution < -0.4 is 5.73 Å². The first-order valence-corrected chi connectivity index (χ1v) is 9.76. The van der Waals surface area contributed by atoms with Crippen molar-refractivity contribution in [3.63, 3.8) is 0 Å². The van der Waals surface area contributed by atoms with E-state index in [0.29, 0.717) is 17.4 Å². The van der Waals surface area contributed by atoms with E-state index in [-0.39, 0.29) is 6.04 Å². The van der Waals surface area contributed by atoms with E-state index < -0.39 is 9.84 Å². The van der Waals surface area contributed by atoms with Gasteiger partial charge in [0, 0.05) is 23.7 Å². The van der Waals surface area contributed by atoms with Crippen molar-refractivity contribution >= 4 is 21.6 Å². The number of thioether (sulfide) groups is 1. The zero-order valence-electron chi connectivity index (χ0n) is 12.2. The summed E-state index contributed by atoms with van der Waals surface area (Å²) in [6, 6.07) is 6.06. The average Bonchev–Trinajstić information content (AvgIpc) is 2.78. The molecule has 4 nitrogen and oxygen atoms in total. The molecule has 2 N–H and O–H groups in total. The lowest BCUT2D eigenvalue weighted by Crippen LogP contribution is -2.20. The van der Waals surface area contributed by atoms with E-state index in [1.54, 1.807) is 0 Å². The Morgan fingerprint density at radius 3 is 2.65 bits per heavy atom. The molecule has 1 aromatic rings. The van der Waals surface area contributed by atoms with Gasteiger partial charge in [-0.25, -0.2) is 8.42 Å². The first-order valence-electron chi connectivity index (χ1n) is 6.65. The van der Waals surface area contributed by atoms with Crippen molar-refractivity contribution in [1.82, 2.24) is 4.90 Å². The summed E-state index contributed by atoms with van der Waals surface area (Å²) in [5.41, 5.74) is 6.83. The summed E-state index contributed by atoms with van der Waals surface area (Å²) >= 11 is 1.47. The second kappa shape index (κ2) is 6.05. The van der Waals surface area contributed by atoms with Crippen LogP contribution >= 0.6 is 11.8 Å². The molecule has 1 heterocycles. The quantitative estimate of drug-likeness (QED) is 0.858. The Hall–Kier alpha value is -0.560. The van der Waals surface area contributed by atoms with Gasteiger partial charge in [0.2, 0.25) is 0 Å². The van der Waals surface area contributed by atoms with Gasteiger partial charge in [0.1, 0.15) is 0 Å². The lowest BCUT2D eigenvalue weighted by atomic mass is 10.00. The Morgan fingerprint density at radius 2 is 2.15 bits per heavy atom. The van der Waals surface area contributed by atoms with Crippen molar-refractivity contribution in [3.05, 3.63) is 23.8 Å². The predicted octanol–water partition coefficient (Wildman–Crippen LogP) is 1.76. The minimum atomic E-state index is -3.20. The highest BCUT2D eigenvalue weighted by Gasteiger charge is 2.30. The molecule has 2 rings (SSSR count). The summed E-state index contributed by atoms with van der Waals surface area (Å²) in [5.74, 6) is 0.493. The zero-order chi connectivity index (χ0) is 14.9. The zero-order valence-corrected chi connectivity index (χ0v) is 13.8. The van der Waals surface area contributed by atoms with E-state index in [1.807, 2.05) is 24.5 Å². The lowest BCUT2D eigenvalue weighted by Gasteiger charge is -2.20. The number of sulfone groups is 1. The standard InChI is InChI=1S/C14H22N2O2S2/c1-16-9-10(8-15)6-12(16)11-4-5-13(19-2)14(7-11)20(3,17)18/h4-5,7,10,12H,6,8-9,15H2,1-3H3. The minimum Gasteiger partial charge on any atom is -0.330 e. The molecule has 2 unspecified atom stereocenters. The molecule has 0 bridgehead atoms. The Morgan fingerprint density at radius 1 is 1.45 bits per heavy atom. The molecule has 2 atom stereocenters. The van der Waals surface area contributed by atoms with Crippen LogP contribution in [-0.4, -0.2) is 46.0 Å². The number of likely N-dealkylation sites (tertiary alicyclic amines) is 1. The summed E-state index contributed by atoms with van der Waals surface area (Å²) in [6.45, 7) is 1.66. The van der Waals surface area contributed by atoms with Gasteiger partial charge in [0.05, 0.1) is 4.90 Å². The molecular formula is C14H22N2O2S2. The van der Waals surface area contributed by atoms with Crippen molar-refractivity contribution < 1.29 is 8.42 Å². The van der Waals surface area contributed by atoms with Gasteiger partial charge in [-0.05, 0) is 49.9 Å². The lowest BCUT2D eigenvalue weighted by molar-refractivity contribution is 0.313. The smallest absolute Gasteiger partial charge is 0.176 e. The molecule has 0 saturated carbocycles. The first kappa shape index (κ1) is 15.8. The van der Waals surface area contributed by atoms with Crippen LogP contribution in [0.1, 0.15) is 18.0 Å². The summed E-state index contributed by atoms with van der Waals surface area (Å²) < 4.78 is 23.9. The molecule has 1 fully saturated rings. The van der Waals surface area contributed by atoms with E-state index in [2.05, 4.69) is 11.9 Å². The number of hydrogen-bond acceptors (Lipinski definition) is 5. The second-order valence-corrected chi connectivity index (χ2v) is 8.31. The minimum absolute atomic E-state index is 0.264. The Balaban J connectivity index is 2.39. The van der Waals surface area contributed by atoms with Gasteiger partial charge in [-0.3, -0.25) is 4.90 Å². The third kappa shape index (κ3) is 3.19. The van der Waals surface area contributed by atoms with Crippen LogP contribution in [0, 0.1) is 5.92 Å². The van der Waals surface area contributed by atoms with Gasteiger partial charge in [-0.15, -0.1) is 11.8 Å². The van der Waals surface area contributed by atoms with Crippen LogP contribution in [0.4, 0.5) is 0 Å². The van der Waals surface area contributed by atoms with Gasteiger partial charge in [0.15, 0.2) is 9.84 Å². The van der Waals surface area contributed by atoms with E-state index >= 15 is 0 Å². The molecule has 0 aliphatic carbocycles. The molecular weight excluding hydrogens is 292 g/mol. The van der Waals surface area contributed by atoms with Crippen molar-refractivity contribution in [2.75, 3.05) is 32.6 Å². The highest BCUT2D eigenvalue weighted by atomic mass is 32.2. The Kier molecular flexibility index (Phi) is 4.79. The van der Waals surface area contributed by atoms with Crippen LogP contribution in [0.3, 0.4) is 0 Å². The van der Waals surface area contributed by atoms with E-state index in [0.717, 1.165) is 23.4 Å². The van der Waals surface area contributed by atoms with Crippen molar-refractivity contribution in [1.29, 1.82) is 0 Å². The van der Waals surface area contributed by atoms with Crippen molar-refractivity contribution in [2.45, 2.75) is 22.3 Å². The number of nitrogens with zero attached hydrogens (tertiary/aromatic N) is 1. The van der Waals surface area contributed by atoms with Crippen molar-refractivity contribution in [2.24, 2.45) is 11.7 Å². The highest BCUT2D eigenvalue weighted by molar-refractivity contribution is 7.99. The molecule has 1 saturated heterocycles. The molecule has 20 heavy (non-hydrogen) atoms. The first-order chi connectivity index (χ1) is 9.36. The maximum absolute atomic E-state index is 11.9. The number of hydrogen-bond donors (Lipinski definition) is 1. The SMILES string of the molecule is CSc1ccc(C2CC(CN)CN2C)cc1S(C)(=O)=O. The molecule has 1 aliphatic rings. The van der Waals surface area contributed by atoms with Crippen LogP contribution in [0.25, 0.3) is 0 Å². The summed E-state index contributed by atoms with van der Waals surface area (Å²) in [5, 5.41) is 0. The monoisotopic (exact) mass is 314 g/mol. The third-order valence-electron chi connectivity index (χ3n) is 3.94. The number of benzene rings is 1. The molecule has 112 valence electrons. The van der Waals surface area contributed by atoms with Crippen LogP contribution in [0.2, 0.25) is 0 Å².